The summed E-state index contributed by atoms with van der Waals surface area (Å²) in [5, 5.41) is 6.38. The Morgan fingerprint density at radius 3 is 2.65 bits per heavy atom. The van der Waals surface area contributed by atoms with Crippen molar-refractivity contribution in [2.45, 2.75) is 58.0 Å². The van der Waals surface area contributed by atoms with Gasteiger partial charge in [0.25, 0.3) is 0 Å². The van der Waals surface area contributed by atoms with Gasteiger partial charge in [-0.05, 0) is 25.3 Å². The van der Waals surface area contributed by atoms with Crippen LogP contribution in [0.25, 0.3) is 0 Å². The summed E-state index contributed by atoms with van der Waals surface area (Å²) < 4.78 is 0. The van der Waals surface area contributed by atoms with E-state index < -0.39 is 0 Å². The summed E-state index contributed by atoms with van der Waals surface area (Å²) in [7, 11) is 0. The molecule has 2 rings (SSSR count). The van der Waals surface area contributed by atoms with Crippen molar-refractivity contribution < 1.29 is 4.79 Å². The highest BCUT2D eigenvalue weighted by atomic mass is 16.1. The predicted octanol–water partition coefficient (Wildman–Crippen LogP) is 2.92. The zero-order valence-corrected chi connectivity index (χ0v) is 12.5. The van der Waals surface area contributed by atoms with E-state index in [0.29, 0.717) is 19.1 Å². The van der Waals surface area contributed by atoms with E-state index in [1.807, 2.05) is 12.1 Å². The van der Waals surface area contributed by atoms with Crippen molar-refractivity contribution in [3.05, 3.63) is 35.4 Å². The molecule has 110 valence electrons. The Balaban J connectivity index is 1.67. The summed E-state index contributed by atoms with van der Waals surface area (Å²) >= 11 is 0. The molecule has 0 spiro atoms. The lowest BCUT2D eigenvalue weighted by Gasteiger charge is -2.15. The van der Waals surface area contributed by atoms with Gasteiger partial charge in [-0.25, -0.2) is 0 Å². The van der Waals surface area contributed by atoms with Crippen LogP contribution in [-0.2, 0) is 11.3 Å². The van der Waals surface area contributed by atoms with Crippen LogP contribution in [0.5, 0.6) is 0 Å². The average Bonchev–Trinajstić information content (AvgIpc) is 2.71. The molecule has 0 atom stereocenters. The number of rotatable bonds is 5. The second kappa shape index (κ2) is 8.05. The molecule has 1 fully saturated rings. The number of carbonyl (C=O) groups is 1. The Hall–Kier alpha value is -1.35. The normalized spacial score (nSPS) is 16.6. The summed E-state index contributed by atoms with van der Waals surface area (Å²) in [6, 6.07) is 8.78. The molecule has 1 aliphatic rings. The maximum absolute atomic E-state index is 11.9. The van der Waals surface area contributed by atoms with Gasteiger partial charge in [0.2, 0.25) is 5.91 Å². The first kappa shape index (κ1) is 15.0. The number of amides is 1. The molecule has 1 saturated carbocycles. The maximum atomic E-state index is 11.9. The van der Waals surface area contributed by atoms with Crippen LogP contribution < -0.4 is 10.6 Å². The van der Waals surface area contributed by atoms with Gasteiger partial charge in [-0.3, -0.25) is 4.79 Å². The molecule has 20 heavy (non-hydrogen) atoms. The number of aryl methyl sites for hydroxylation is 1. The third kappa shape index (κ3) is 5.33. The van der Waals surface area contributed by atoms with Gasteiger partial charge in [0.05, 0.1) is 6.54 Å². The van der Waals surface area contributed by atoms with E-state index in [-0.39, 0.29) is 5.91 Å². The van der Waals surface area contributed by atoms with E-state index >= 15 is 0 Å². The number of benzene rings is 1. The zero-order valence-electron chi connectivity index (χ0n) is 12.5. The molecule has 0 aliphatic heterocycles. The SMILES string of the molecule is Cc1cccc(CNC(=O)CNC2CCCCCC2)c1. The van der Waals surface area contributed by atoms with Gasteiger partial charge in [0.15, 0.2) is 0 Å². The van der Waals surface area contributed by atoms with Crippen LogP contribution in [0.15, 0.2) is 24.3 Å². The van der Waals surface area contributed by atoms with Gasteiger partial charge < -0.3 is 10.6 Å². The molecule has 1 aromatic carbocycles. The summed E-state index contributed by atoms with van der Waals surface area (Å²) in [5.41, 5.74) is 2.39. The van der Waals surface area contributed by atoms with Crippen LogP contribution in [0, 0.1) is 6.92 Å². The van der Waals surface area contributed by atoms with E-state index in [4.69, 9.17) is 0 Å². The first-order chi connectivity index (χ1) is 9.74. The Morgan fingerprint density at radius 2 is 1.95 bits per heavy atom. The molecule has 0 saturated heterocycles. The number of nitrogens with one attached hydrogen (secondary N) is 2. The Labute approximate surface area is 122 Å². The van der Waals surface area contributed by atoms with Gasteiger partial charge in [-0.1, -0.05) is 55.5 Å². The highest BCUT2D eigenvalue weighted by Crippen LogP contribution is 2.16. The molecule has 0 radical (unpaired) electrons. The van der Waals surface area contributed by atoms with E-state index in [9.17, 15) is 4.79 Å². The van der Waals surface area contributed by atoms with E-state index in [0.717, 1.165) is 5.56 Å². The first-order valence-electron chi connectivity index (χ1n) is 7.79. The summed E-state index contributed by atoms with van der Waals surface area (Å²) in [5.74, 6) is 0.0933. The number of hydrogen-bond donors (Lipinski definition) is 2. The monoisotopic (exact) mass is 274 g/mol. The minimum atomic E-state index is 0.0933. The zero-order chi connectivity index (χ0) is 14.2. The van der Waals surface area contributed by atoms with Gasteiger partial charge in [-0.15, -0.1) is 0 Å². The van der Waals surface area contributed by atoms with E-state index in [2.05, 4.69) is 29.7 Å². The van der Waals surface area contributed by atoms with Crippen LogP contribution in [0.4, 0.5) is 0 Å². The Morgan fingerprint density at radius 1 is 1.20 bits per heavy atom. The molecule has 0 bridgehead atoms. The van der Waals surface area contributed by atoms with Crippen LogP contribution in [-0.4, -0.2) is 18.5 Å². The molecule has 0 heterocycles. The van der Waals surface area contributed by atoms with Crippen LogP contribution in [0.2, 0.25) is 0 Å². The fourth-order valence-electron chi connectivity index (χ4n) is 2.81. The molecular formula is C17H26N2O. The van der Waals surface area contributed by atoms with Crippen LogP contribution in [0.1, 0.15) is 49.7 Å². The highest BCUT2D eigenvalue weighted by molar-refractivity contribution is 5.78. The van der Waals surface area contributed by atoms with Crippen molar-refractivity contribution in [1.29, 1.82) is 0 Å². The maximum Gasteiger partial charge on any atom is 0.234 e. The third-order valence-electron chi connectivity index (χ3n) is 3.98. The molecular weight excluding hydrogens is 248 g/mol. The highest BCUT2D eigenvalue weighted by Gasteiger charge is 2.12. The van der Waals surface area contributed by atoms with Crippen LogP contribution in [0.3, 0.4) is 0 Å². The number of carbonyl (C=O) groups excluding carboxylic acids is 1. The smallest absolute Gasteiger partial charge is 0.234 e. The lowest BCUT2D eigenvalue weighted by atomic mass is 10.1. The molecule has 1 aromatic rings. The van der Waals surface area contributed by atoms with Crippen molar-refractivity contribution >= 4 is 5.91 Å². The fraction of sp³-hybridized carbons (Fsp3) is 0.588. The van der Waals surface area contributed by atoms with Crippen molar-refractivity contribution in [2.75, 3.05) is 6.54 Å². The average molecular weight is 274 g/mol. The Kier molecular flexibility index (Phi) is 6.06. The number of hydrogen-bond acceptors (Lipinski definition) is 2. The van der Waals surface area contributed by atoms with Crippen LogP contribution >= 0.6 is 0 Å². The Bertz CT molecular complexity index is 423. The molecule has 3 heteroatoms. The summed E-state index contributed by atoms with van der Waals surface area (Å²) in [4.78, 5) is 11.9. The topological polar surface area (TPSA) is 41.1 Å². The van der Waals surface area contributed by atoms with Gasteiger partial charge in [-0.2, -0.15) is 0 Å². The second-order valence-corrected chi connectivity index (χ2v) is 5.84. The van der Waals surface area contributed by atoms with Crippen molar-refractivity contribution in [3.8, 4) is 0 Å². The summed E-state index contributed by atoms with van der Waals surface area (Å²) in [6.07, 6.45) is 7.71. The summed E-state index contributed by atoms with van der Waals surface area (Å²) in [6.45, 7) is 3.13. The first-order valence-corrected chi connectivity index (χ1v) is 7.79. The minimum Gasteiger partial charge on any atom is -0.351 e. The molecule has 0 aromatic heterocycles. The quantitative estimate of drug-likeness (QED) is 0.811. The lowest BCUT2D eigenvalue weighted by molar-refractivity contribution is -0.120. The molecule has 1 aliphatic carbocycles. The van der Waals surface area contributed by atoms with E-state index in [1.165, 1.54) is 44.1 Å². The van der Waals surface area contributed by atoms with Crippen molar-refractivity contribution in [3.63, 3.8) is 0 Å². The van der Waals surface area contributed by atoms with Gasteiger partial charge in [0.1, 0.15) is 0 Å². The molecule has 2 N–H and O–H groups in total. The largest absolute Gasteiger partial charge is 0.351 e. The second-order valence-electron chi connectivity index (χ2n) is 5.84. The lowest BCUT2D eigenvalue weighted by Crippen LogP contribution is -2.38. The molecule has 0 unspecified atom stereocenters. The third-order valence-corrected chi connectivity index (χ3v) is 3.98. The van der Waals surface area contributed by atoms with Crippen molar-refractivity contribution in [2.24, 2.45) is 0 Å². The minimum absolute atomic E-state index is 0.0933. The van der Waals surface area contributed by atoms with Gasteiger partial charge >= 0.3 is 0 Å². The van der Waals surface area contributed by atoms with Crippen molar-refractivity contribution in [1.82, 2.24) is 10.6 Å². The standard InChI is InChI=1S/C17H26N2O/c1-14-7-6-8-15(11-14)12-19-17(20)13-18-16-9-4-2-3-5-10-16/h6-8,11,16,18H,2-5,9-10,12-13H2,1H3,(H,19,20). The van der Waals surface area contributed by atoms with Gasteiger partial charge in [0, 0.05) is 12.6 Å². The predicted molar refractivity (Wildman–Crippen MR) is 82.5 cm³/mol. The molecule has 1 amide bonds. The molecule has 3 nitrogen and oxygen atoms in total. The van der Waals surface area contributed by atoms with E-state index in [1.54, 1.807) is 0 Å². The fourth-order valence-corrected chi connectivity index (χ4v) is 2.81.